The molecule has 2 heteroatoms. The zero-order valence-corrected chi connectivity index (χ0v) is 12.0. The molecule has 0 atom stereocenters. The highest BCUT2D eigenvalue weighted by atomic mass is 16.4. The van der Waals surface area contributed by atoms with Crippen LogP contribution >= 0.6 is 0 Å². The second kappa shape index (κ2) is 12.4. The standard InChI is InChI=1S/C16H28O2/c1-3-5-7-11-15(12-8-6-4-2)13-9-10-14-16(17)18/h9-10,13H,3-8,11-12,14H2,1-2H3,(H,17,18)/b10-9+. The molecular formula is C16H28O2. The molecule has 0 spiro atoms. The van der Waals surface area contributed by atoms with Gasteiger partial charge in [0.15, 0.2) is 0 Å². The Kier molecular flexibility index (Phi) is 11.7. The van der Waals surface area contributed by atoms with Crippen LogP contribution in [0, 0.1) is 0 Å². The molecule has 0 rings (SSSR count). The third-order valence-corrected chi connectivity index (χ3v) is 2.96. The number of unbranched alkanes of at least 4 members (excludes halogenated alkanes) is 4. The number of aliphatic carboxylic acids is 1. The van der Waals surface area contributed by atoms with E-state index < -0.39 is 5.97 Å². The topological polar surface area (TPSA) is 37.3 Å². The van der Waals surface area contributed by atoms with E-state index >= 15 is 0 Å². The molecule has 0 radical (unpaired) electrons. The van der Waals surface area contributed by atoms with Gasteiger partial charge in [0.1, 0.15) is 0 Å². The van der Waals surface area contributed by atoms with E-state index in [1.807, 2.05) is 6.08 Å². The van der Waals surface area contributed by atoms with Crippen molar-refractivity contribution in [2.45, 2.75) is 71.6 Å². The first-order valence-corrected chi connectivity index (χ1v) is 7.27. The van der Waals surface area contributed by atoms with Gasteiger partial charge in [-0.1, -0.05) is 63.3 Å². The summed E-state index contributed by atoms with van der Waals surface area (Å²) in [4.78, 5) is 10.4. The Morgan fingerprint density at radius 1 is 1.00 bits per heavy atom. The van der Waals surface area contributed by atoms with E-state index in [1.165, 1.54) is 44.1 Å². The van der Waals surface area contributed by atoms with Gasteiger partial charge in [-0.3, -0.25) is 4.79 Å². The van der Waals surface area contributed by atoms with Crippen LogP contribution in [0.4, 0.5) is 0 Å². The van der Waals surface area contributed by atoms with Crippen molar-refractivity contribution >= 4 is 5.97 Å². The molecule has 0 amide bonds. The molecule has 0 aliphatic rings. The third-order valence-electron chi connectivity index (χ3n) is 2.96. The van der Waals surface area contributed by atoms with Crippen molar-refractivity contribution in [1.82, 2.24) is 0 Å². The molecule has 0 fully saturated rings. The number of allylic oxidation sites excluding steroid dienone is 3. The first-order chi connectivity index (χ1) is 8.70. The van der Waals surface area contributed by atoms with Crippen LogP contribution in [0.3, 0.4) is 0 Å². The summed E-state index contributed by atoms with van der Waals surface area (Å²) in [7, 11) is 0. The molecule has 2 nitrogen and oxygen atoms in total. The van der Waals surface area contributed by atoms with E-state index in [0.29, 0.717) is 0 Å². The lowest BCUT2D eigenvalue weighted by Gasteiger charge is -2.06. The van der Waals surface area contributed by atoms with Gasteiger partial charge in [0.05, 0.1) is 6.42 Å². The molecule has 0 aliphatic carbocycles. The number of hydrogen-bond acceptors (Lipinski definition) is 1. The summed E-state index contributed by atoms with van der Waals surface area (Å²) in [6.45, 7) is 4.43. The molecule has 0 aromatic rings. The first kappa shape index (κ1) is 16.9. The summed E-state index contributed by atoms with van der Waals surface area (Å²) >= 11 is 0. The Morgan fingerprint density at radius 3 is 2.00 bits per heavy atom. The van der Waals surface area contributed by atoms with E-state index in [-0.39, 0.29) is 6.42 Å². The summed E-state index contributed by atoms with van der Waals surface area (Å²) in [5.74, 6) is -0.766. The Labute approximate surface area is 112 Å². The molecule has 1 N–H and O–H groups in total. The van der Waals surface area contributed by atoms with E-state index in [1.54, 1.807) is 6.08 Å². The normalized spacial score (nSPS) is 10.8. The predicted molar refractivity (Wildman–Crippen MR) is 77.8 cm³/mol. The van der Waals surface area contributed by atoms with E-state index in [4.69, 9.17) is 5.11 Å². The van der Waals surface area contributed by atoms with Crippen LogP contribution in [0.2, 0.25) is 0 Å². The highest BCUT2D eigenvalue weighted by molar-refractivity contribution is 5.68. The maximum Gasteiger partial charge on any atom is 0.307 e. The number of carboxylic acid groups (broad SMARTS) is 1. The number of carboxylic acids is 1. The molecule has 0 aliphatic heterocycles. The molecule has 18 heavy (non-hydrogen) atoms. The molecule has 0 saturated heterocycles. The van der Waals surface area contributed by atoms with E-state index in [9.17, 15) is 4.79 Å². The first-order valence-electron chi connectivity index (χ1n) is 7.27. The van der Waals surface area contributed by atoms with E-state index in [2.05, 4.69) is 19.9 Å². The van der Waals surface area contributed by atoms with Gasteiger partial charge in [-0.15, -0.1) is 0 Å². The maximum absolute atomic E-state index is 10.4. The Bertz CT molecular complexity index is 252. The summed E-state index contributed by atoms with van der Waals surface area (Å²) in [6, 6.07) is 0. The summed E-state index contributed by atoms with van der Waals surface area (Å²) in [6.07, 6.45) is 15.7. The molecule has 0 unspecified atom stereocenters. The highest BCUT2D eigenvalue weighted by Crippen LogP contribution is 2.16. The van der Waals surface area contributed by atoms with Crippen molar-refractivity contribution in [3.63, 3.8) is 0 Å². The average Bonchev–Trinajstić information content (AvgIpc) is 2.34. The van der Waals surface area contributed by atoms with Crippen LogP contribution < -0.4 is 0 Å². The van der Waals surface area contributed by atoms with Crippen LogP contribution in [0.1, 0.15) is 71.6 Å². The van der Waals surface area contributed by atoms with Crippen molar-refractivity contribution in [3.8, 4) is 0 Å². The minimum Gasteiger partial charge on any atom is -0.481 e. The largest absolute Gasteiger partial charge is 0.481 e. The molecule has 0 aromatic heterocycles. The average molecular weight is 252 g/mol. The Balaban J connectivity index is 4.11. The van der Waals surface area contributed by atoms with Crippen LogP contribution in [0.15, 0.2) is 23.8 Å². The summed E-state index contributed by atoms with van der Waals surface area (Å²) in [5.41, 5.74) is 1.47. The second-order valence-electron chi connectivity index (χ2n) is 4.77. The van der Waals surface area contributed by atoms with Crippen molar-refractivity contribution < 1.29 is 9.90 Å². The number of rotatable bonds is 11. The van der Waals surface area contributed by atoms with Crippen LogP contribution in [-0.4, -0.2) is 11.1 Å². The Morgan fingerprint density at radius 2 is 1.56 bits per heavy atom. The Hall–Kier alpha value is -1.05. The summed E-state index contributed by atoms with van der Waals surface area (Å²) in [5, 5.41) is 8.55. The molecule has 0 bridgehead atoms. The number of carbonyl (C=O) groups is 1. The van der Waals surface area contributed by atoms with Crippen molar-refractivity contribution in [2.24, 2.45) is 0 Å². The van der Waals surface area contributed by atoms with Crippen LogP contribution in [0.25, 0.3) is 0 Å². The SMILES string of the molecule is CCCCCC(=C/C=C/CC(=O)O)CCCCC. The van der Waals surface area contributed by atoms with Crippen molar-refractivity contribution in [3.05, 3.63) is 23.8 Å². The summed E-state index contributed by atoms with van der Waals surface area (Å²) < 4.78 is 0. The van der Waals surface area contributed by atoms with Crippen molar-refractivity contribution in [1.29, 1.82) is 0 Å². The van der Waals surface area contributed by atoms with Crippen LogP contribution in [0.5, 0.6) is 0 Å². The lowest BCUT2D eigenvalue weighted by atomic mass is 10.0. The number of hydrogen-bond donors (Lipinski definition) is 1. The zero-order chi connectivity index (χ0) is 13.6. The zero-order valence-electron chi connectivity index (χ0n) is 12.0. The van der Waals surface area contributed by atoms with Gasteiger partial charge >= 0.3 is 5.97 Å². The van der Waals surface area contributed by atoms with E-state index in [0.717, 1.165) is 12.8 Å². The van der Waals surface area contributed by atoms with Gasteiger partial charge in [-0.25, -0.2) is 0 Å². The molecule has 104 valence electrons. The molecular weight excluding hydrogens is 224 g/mol. The fraction of sp³-hybridized carbons (Fsp3) is 0.688. The van der Waals surface area contributed by atoms with Gasteiger partial charge in [0.25, 0.3) is 0 Å². The van der Waals surface area contributed by atoms with Gasteiger partial charge in [0.2, 0.25) is 0 Å². The maximum atomic E-state index is 10.4. The quantitative estimate of drug-likeness (QED) is 0.410. The van der Waals surface area contributed by atoms with Crippen LogP contribution in [-0.2, 0) is 4.79 Å². The molecule has 0 aromatic carbocycles. The lowest BCUT2D eigenvalue weighted by molar-refractivity contribution is -0.136. The van der Waals surface area contributed by atoms with Gasteiger partial charge in [-0.2, -0.15) is 0 Å². The van der Waals surface area contributed by atoms with Crippen molar-refractivity contribution in [2.75, 3.05) is 0 Å². The minimum absolute atomic E-state index is 0.119. The van der Waals surface area contributed by atoms with Gasteiger partial charge in [0, 0.05) is 0 Å². The monoisotopic (exact) mass is 252 g/mol. The third kappa shape index (κ3) is 11.4. The fourth-order valence-corrected chi connectivity index (χ4v) is 1.87. The predicted octanol–water partition coefficient (Wildman–Crippen LogP) is 5.10. The fourth-order valence-electron chi connectivity index (χ4n) is 1.87. The molecule has 0 heterocycles. The second-order valence-corrected chi connectivity index (χ2v) is 4.77. The minimum atomic E-state index is -0.766. The van der Waals surface area contributed by atoms with Gasteiger partial charge < -0.3 is 5.11 Å². The molecule has 0 saturated carbocycles. The lowest BCUT2D eigenvalue weighted by Crippen LogP contribution is -1.89. The van der Waals surface area contributed by atoms with Gasteiger partial charge in [-0.05, 0) is 25.7 Å². The smallest absolute Gasteiger partial charge is 0.307 e. The highest BCUT2D eigenvalue weighted by Gasteiger charge is 1.97.